The Labute approximate surface area is 218 Å². The van der Waals surface area contributed by atoms with Crippen LogP contribution in [-0.2, 0) is 6.54 Å². The normalized spacial score (nSPS) is 10.5. The van der Waals surface area contributed by atoms with Gasteiger partial charge in [-0.1, -0.05) is 12.1 Å². The van der Waals surface area contributed by atoms with Crippen molar-refractivity contribution in [3.63, 3.8) is 0 Å². The second kappa shape index (κ2) is 13.1. The van der Waals surface area contributed by atoms with Gasteiger partial charge in [-0.2, -0.15) is 0 Å². The van der Waals surface area contributed by atoms with Crippen LogP contribution in [0.3, 0.4) is 0 Å². The van der Waals surface area contributed by atoms with Gasteiger partial charge in [-0.3, -0.25) is 13.9 Å². The third kappa shape index (κ3) is 6.37. The van der Waals surface area contributed by atoms with Crippen LogP contribution in [0.1, 0.15) is 11.3 Å². The number of halogens is 3. The molecular formula is C23H30Cl3N5OS. The predicted molar refractivity (Wildman–Crippen MR) is 147 cm³/mol. The number of benzene rings is 1. The Morgan fingerprint density at radius 2 is 1.76 bits per heavy atom. The maximum atomic E-state index is 5.45. The molecule has 10 heteroatoms. The number of fused-ring (bicyclic) bond motifs is 1. The lowest BCUT2D eigenvalue weighted by Gasteiger charge is -2.25. The Morgan fingerprint density at radius 3 is 2.45 bits per heavy atom. The summed E-state index contributed by atoms with van der Waals surface area (Å²) in [7, 11) is 4.24. The molecule has 0 fully saturated rings. The molecule has 0 radical (unpaired) electrons. The van der Waals surface area contributed by atoms with Crippen molar-refractivity contribution in [1.29, 1.82) is 0 Å². The van der Waals surface area contributed by atoms with Gasteiger partial charge in [0.2, 0.25) is 0 Å². The zero-order valence-electron chi connectivity index (χ0n) is 19.1. The molecule has 0 spiro atoms. The lowest BCUT2D eigenvalue weighted by molar-refractivity contribution is 0.301. The Kier molecular flexibility index (Phi) is 11.6. The smallest absolute Gasteiger partial charge is 0.170 e. The van der Waals surface area contributed by atoms with Crippen molar-refractivity contribution in [3.05, 3.63) is 66.2 Å². The number of rotatable bonds is 8. The molecule has 1 aromatic carbocycles. The van der Waals surface area contributed by atoms with E-state index in [0.717, 1.165) is 53.5 Å². The molecule has 0 unspecified atom stereocenters. The second-order valence-corrected chi connectivity index (χ2v) is 8.17. The number of pyridine rings is 1. The zero-order chi connectivity index (χ0) is 21.1. The summed E-state index contributed by atoms with van der Waals surface area (Å²) in [4.78, 5) is 14.1. The van der Waals surface area contributed by atoms with Crippen LogP contribution in [0.25, 0.3) is 22.6 Å². The first-order valence-electron chi connectivity index (χ1n) is 9.98. The molecule has 0 aliphatic rings. The average Bonchev–Trinajstić information content (AvgIpc) is 3.39. The number of aromatic nitrogens is 3. The SMILES string of the molecule is CSn1c(-c2nccc(N(C)CCN(C)Cc3ccco3)c2C)nc2ccccc21.Cl.Cl.Cl. The minimum Gasteiger partial charge on any atom is -0.468 e. The van der Waals surface area contributed by atoms with E-state index in [-0.39, 0.29) is 37.2 Å². The summed E-state index contributed by atoms with van der Waals surface area (Å²) in [6, 6.07) is 14.2. The van der Waals surface area contributed by atoms with Crippen LogP contribution in [0.15, 0.2) is 59.3 Å². The monoisotopic (exact) mass is 529 g/mol. The minimum absolute atomic E-state index is 0. The highest BCUT2D eigenvalue weighted by molar-refractivity contribution is 7.97. The summed E-state index contributed by atoms with van der Waals surface area (Å²) in [5, 5.41) is 0. The number of furan rings is 1. The highest BCUT2D eigenvalue weighted by Crippen LogP contribution is 2.32. The van der Waals surface area contributed by atoms with E-state index in [0.29, 0.717) is 0 Å². The second-order valence-electron chi connectivity index (χ2n) is 7.44. The van der Waals surface area contributed by atoms with Crippen molar-refractivity contribution in [2.45, 2.75) is 13.5 Å². The molecule has 0 N–H and O–H groups in total. The molecule has 0 bridgehead atoms. The molecule has 4 aromatic rings. The van der Waals surface area contributed by atoms with Gasteiger partial charge < -0.3 is 9.32 Å². The van der Waals surface area contributed by atoms with E-state index >= 15 is 0 Å². The first-order chi connectivity index (χ1) is 14.6. The van der Waals surface area contributed by atoms with Crippen LogP contribution in [0.5, 0.6) is 0 Å². The first kappa shape index (κ1) is 29.1. The Morgan fingerprint density at radius 1 is 1.00 bits per heavy atom. The molecule has 0 aliphatic heterocycles. The molecule has 6 nitrogen and oxygen atoms in total. The molecule has 0 saturated heterocycles. The number of hydrogen-bond acceptors (Lipinski definition) is 6. The van der Waals surface area contributed by atoms with Gasteiger partial charge in [-0.05, 0) is 56.3 Å². The maximum absolute atomic E-state index is 5.45. The third-order valence-corrected chi connectivity index (χ3v) is 6.06. The van der Waals surface area contributed by atoms with E-state index in [1.807, 2.05) is 36.5 Å². The summed E-state index contributed by atoms with van der Waals surface area (Å²) in [6.45, 7) is 4.77. The minimum atomic E-state index is 0. The lowest BCUT2D eigenvalue weighted by Crippen LogP contribution is -2.30. The van der Waals surface area contributed by atoms with Gasteiger partial charge in [0.25, 0.3) is 0 Å². The van der Waals surface area contributed by atoms with Gasteiger partial charge in [0.1, 0.15) is 11.5 Å². The van der Waals surface area contributed by atoms with Crippen molar-refractivity contribution in [3.8, 4) is 11.5 Å². The fraction of sp³-hybridized carbons (Fsp3) is 0.304. The van der Waals surface area contributed by atoms with Crippen molar-refractivity contribution in [2.75, 3.05) is 38.3 Å². The van der Waals surface area contributed by atoms with Crippen LogP contribution < -0.4 is 4.90 Å². The molecule has 0 aliphatic carbocycles. The zero-order valence-corrected chi connectivity index (χ0v) is 22.4. The summed E-state index contributed by atoms with van der Waals surface area (Å²) >= 11 is 1.65. The third-order valence-electron chi connectivity index (χ3n) is 5.32. The standard InChI is InChI=1S/C23H27N5OS.3ClH/c1-17-20(27(3)14-13-26(2)16-18-8-7-15-29-18)11-12-24-22(17)23-25-19-9-5-6-10-21(19)28(23)30-4;;;/h5-12,15H,13-14,16H2,1-4H3;3*1H. The van der Waals surface area contributed by atoms with Crippen LogP contribution in [-0.4, -0.2) is 52.3 Å². The van der Waals surface area contributed by atoms with E-state index in [1.54, 1.807) is 18.2 Å². The number of hydrogen-bond donors (Lipinski definition) is 0. The van der Waals surface area contributed by atoms with Gasteiger partial charge in [0.05, 0.1) is 23.8 Å². The topological polar surface area (TPSA) is 50.3 Å². The molecule has 33 heavy (non-hydrogen) atoms. The van der Waals surface area contributed by atoms with Crippen molar-refractivity contribution < 1.29 is 4.42 Å². The molecule has 0 amide bonds. The molecule has 180 valence electrons. The Hall–Kier alpha value is -1.90. The van der Waals surface area contributed by atoms with Gasteiger partial charge in [-0.25, -0.2) is 4.98 Å². The van der Waals surface area contributed by atoms with Gasteiger partial charge in [-0.15, -0.1) is 37.2 Å². The van der Waals surface area contributed by atoms with E-state index in [1.165, 1.54) is 5.69 Å². The largest absolute Gasteiger partial charge is 0.468 e. The molecule has 4 rings (SSSR count). The molecule has 3 heterocycles. The van der Waals surface area contributed by atoms with E-state index in [4.69, 9.17) is 14.4 Å². The number of likely N-dealkylation sites (N-methyl/N-ethyl adjacent to an activating group) is 2. The average molecular weight is 531 g/mol. The summed E-state index contributed by atoms with van der Waals surface area (Å²) < 4.78 is 7.61. The van der Waals surface area contributed by atoms with E-state index in [2.05, 4.69) is 53.2 Å². The Balaban J connectivity index is 0.00000181. The van der Waals surface area contributed by atoms with Crippen LogP contribution in [0, 0.1) is 6.92 Å². The molecule has 0 atom stereocenters. The van der Waals surface area contributed by atoms with E-state index in [9.17, 15) is 0 Å². The summed E-state index contributed by atoms with van der Waals surface area (Å²) in [5.41, 5.74) is 5.33. The molecule has 0 saturated carbocycles. The summed E-state index contributed by atoms with van der Waals surface area (Å²) in [6.07, 6.45) is 5.67. The fourth-order valence-electron chi connectivity index (χ4n) is 3.69. The van der Waals surface area contributed by atoms with Crippen LogP contribution in [0.2, 0.25) is 0 Å². The van der Waals surface area contributed by atoms with Crippen LogP contribution in [0.4, 0.5) is 5.69 Å². The Bertz CT molecular complexity index is 1140. The fourth-order valence-corrected chi connectivity index (χ4v) is 4.34. The van der Waals surface area contributed by atoms with Crippen molar-refractivity contribution >= 4 is 65.9 Å². The number of imidazole rings is 1. The quantitative estimate of drug-likeness (QED) is 0.280. The van der Waals surface area contributed by atoms with Gasteiger partial charge in [0.15, 0.2) is 5.82 Å². The van der Waals surface area contributed by atoms with Crippen LogP contribution >= 0.6 is 49.2 Å². The number of anilines is 1. The maximum Gasteiger partial charge on any atom is 0.170 e. The number of nitrogens with zero attached hydrogens (tertiary/aromatic N) is 5. The van der Waals surface area contributed by atoms with Gasteiger partial charge >= 0.3 is 0 Å². The highest BCUT2D eigenvalue weighted by atomic mass is 35.5. The molecule has 3 aromatic heterocycles. The number of para-hydroxylation sites is 2. The lowest BCUT2D eigenvalue weighted by atomic mass is 10.1. The summed E-state index contributed by atoms with van der Waals surface area (Å²) in [5.74, 6) is 1.88. The van der Waals surface area contributed by atoms with Crippen molar-refractivity contribution in [1.82, 2.24) is 18.8 Å². The highest BCUT2D eigenvalue weighted by Gasteiger charge is 2.18. The first-order valence-corrected chi connectivity index (χ1v) is 11.2. The molecular weight excluding hydrogens is 501 g/mol. The van der Waals surface area contributed by atoms with E-state index < -0.39 is 0 Å². The predicted octanol–water partition coefficient (Wildman–Crippen LogP) is 5.96. The van der Waals surface area contributed by atoms with Gasteiger partial charge in [0, 0.05) is 43.8 Å². The van der Waals surface area contributed by atoms with Crippen molar-refractivity contribution in [2.24, 2.45) is 0 Å².